The van der Waals surface area contributed by atoms with Gasteiger partial charge in [-0.3, -0.25) is 4.79 Å². The predicted octanol–water partition coefficient (Wildman–Crippen LogP) is 3.03. The van der Waals surface area contributed by atoms with Crippen molar-refractivity contribution in [1.29, 1.82) is 0 Å². The van der Waals surface area contributed by atoms with Crippen molar-refractivity contribution < 1.29 is 9.53 Å². The van der Waals surface area contributed by atoms with Gasteiger partial charge < -0.3 is 15.4 Å². The van der Waals surface area contributed by atoms with Crippen molar-refractivity contribution in [2.45, 2.75) is 45.6 Å². The highest BCUT2D eigenvalue weighted by atomic mass is 16.5. The average molecular weight is 332 g/mol. The van der Waals surface area contributed by atoms with E-state index in [9.17, 15) is 4.79 Å². The topological polar surface area (TPSA) is 55.6 Å². The second-order valence-corrected chi connectivity index (χ2v) is 7.37. The van der Waals surface area contributed by atoms with Crippen molar-refractivity contribution in [1.82, 2.24) is 4.90 Å². The fraction of sp³-hybridized carbons (Fsp3) is 0.650. The van der Waals surface area contributed by atoms with Crippen LogP contribution >= 0.6 is 0 Å². The molecular formula is C20H32N2O2. The third-order valence-corrected chi connectivity index (χ3v) is 4.85. The Morgan fingerprint density at radius 1 is 1.25 bits per heavy atom. The van der Waals surface area contributed by atoms with E-state index < -0.39 is 0 Å². The van der Waals surface area contributed by atoms with Gasteiger partial charge in [0.1, 0.15) is 0 Å². The molecule has 1 aliphatic rings. The van der Waals surface area contributed by atoms with Gasteiger partial charge in [-0.25, -0.2) is 0 Å². The first-order valence-electron chi connectivity index (χ1n) is 9.15. The molecule has 0 aromatic heterocycles. The van der Waals surface area contributed by atoms with Crippen LogP contribution in [0.3, 0.4) is 0 Å². The summed E-state index contributed by atoms with van der Waals surface area (Å²) in [4.78, 5) is 14.5. The van der Waals surface area contributed by atoms with Crippen molar-refractivity contribution >= 4 is 5.91 Å². The largest absolute Gasteiger partial charge is 0.378 e. The van der Waals surface area contributed by atoms with Crippen LogP contribution in [-0.2, 0) is 9.53 Å². The lowest BCUT2D eigenvalue weighted by molar-refractivity contribution is -0.131. The predicted molar refractivity (Wildman–Crippen MR) is 97.8 cm³/mol. The summed E-state index contributed by atoms with van der Waals surface area (Å²) in [6, 6.07) is 10.4. The maximum Gasteiger partial charge on any atom is 0.224 e. The summed E-state index contributed by atoms with van der Waals surface area (Å²) in [5.74, 6) is 1.49. The molecule has 0 bridgehead atoms. The Bertz CT molecular complexity index is 504. The molecule has 0 radical (unpaired) electrons. The lowest BCUT2D eigenvalue weighted by Crippen LogP contribution is -2.31. The maximum absolute atomic E-state index is 12.5. The number of ether oxygens (including phenoxy) is 1. The highest BCUT2D eigenvalue weighted by Crippen LogP contribution is 2.32. The zero-order chi connectivity index (χ0) is 17.5. The average Bonchev–Trinajstić information content (AvgIpc) is 2.99. The van der Waals surface area contributed by atoms with Crippen molar-refractivity contribution in [3.8, 4) is 0 Å². The second-order valence-electron chi connectivity index (χ2n) is 7.37. The van der Waals surface area contributed by atoms with E-state index in [1.165, 1.54) is 5.56 Å². The molecule has 0 saturated carbocycles. The number of amides is 1. The number of rotatable bonds is 8. The molecule has 4 heteroatoms. The Morgan fingerprint density at radius 2 is 1.96 bits per heavy atom. The first kappa shape index (κ1) is 18.9. The molecule has 134 valence electrons. The van der Waals surface area contributed by atoms with E-state index in [-0.39, 0.29) is 12.0 Å². The minimum atomic E-state index is 0.184. The molecule has 0 aliphatic carbocycles. The zero-order valence-corrected chi connectivity index (χ0v) is 15.3. The molecule has 1 saturated heterocycles. The normalized spacial score (nSPS) is 22.1. The second kappa shape index (κ2) is 9.19. The molecule has 4 nitrogen and oxygen atoms in total. The highest BCUT2D eigenvalue weighted by Gasteiger charge is 2.34. The Morgan fingerprint density at radius 3 is 2.58 bits per heavy atom. The van der Waals surface area contributed by atoms with Gasteiger partial charge in [0.15, 0.2) is 0 Å². The lowest BCUT2D eigenvalue weighted by Gasteiger charge is -2.18. The van der Waals surface area contributed by atoms with Gasteiger partial charge >= 0.3 is 0 Å². The van der Waals surface area contributed by atoms with E-state index in [1.807, 2.05) is 11.0 Å². The molecule has 1 aromatic carbocycles. The molecule has 1 unspecified atom stereocenters. The highest BCUT2D eigenvalue weighted by molar-refractivity contribution is 5.76. The van der Waals surface area contributed by atoms with Crippen LogP contribution in [0.1, 0.15) is 45.1 Å². The molecule has 1 aromatic rings. The number of nitrogens with zero attached hydrogens (tertiary/aromatic N) is 1. The Hall–Kier alpha value is -1.39. The SMILES string of the molecule is CC(C)CC(C)OCCC(=O)N1C[C@@H](CN)[C@H](c2ccccc2)C1. The van der Waals surface area contributed by atoms with Crippen molar-refractivity contribution in [3.63, 3.8) is 0 Å². The van der Waals surface area contributed by atoms with E-state index in [1.54, 1.807) is 0 Å². The minimum absolute atomic E-state index is 0.184. The number of hydrogen-bond acceptors (Lipinski definition) is 3. The number of carbonyl (C=O) groups excluding carboxylic acids is 1. The quantitative estimate of drug-likeness (QED) is 0.796. The number of benzene rings is 1. The first-order chi connectivity index (χ1) is 11.5. The van der Waals surface area contributed by atoms with Gasteiger partial charge in [0, 0.05) is 19.0 Å². The number of hydrogen-bond donors (Lipinski definition) is 1. The van der Waals surface area contributed by atoms with E-state index in [4.69, 9.17) is 10.5 Å². The van der Waals surface area contributed by atoms with Crippen LogP contribution in [0, 0.1) is 11.8 Å². The Labute approximate surface area is 146 Å². The standard InChI is InChI=1S/C20H32N2O2/c1-15(2)11-16(3)24-10-9-20(23)22-13-18(12-21)19(14-22)17-7-5-4-6-8-17/h4-8,15-16,18-19H,9-14,21H2,1-3H3/t16?,18-,19+/m1/s1. The van der Waals surface area contributed by atoms with E-state index in [0.717, 1.165) is 19.5 Å². The van der Waals surface area contributed by atoms with Crippen LogP contribution in [0.15, 0.2) is 30.3 Å². The molecule has 1 heterocycles. The maximum atomic E-state index is 12.5. The van der Waals surface area contributed by atoms with E-state index in [2.05, 4.69) is 45.0 Å². The number of carbonyl (C=O) groups is 1. The van der Waals surface area contributed by atoms with Crippen molar-refractivity contribution in [2.24, 2.45) is 17.6 Å². The monoisotopic (exact) mass is 332 g/mol. The molecule has 1 fully saturated rings. The summed E-state index contributed by atoms with van der Waals surface area (Å²) >= 11 is 0. The summed E-state index contributed by atoms with van der Waals surface area (Å²) < 4.78 is 5.78. The van der Waals surface area contributed by atoms with E-state index in [0.29, 0.717) is 37.3 Å². The van der Waals surface area contributed by atoms with Crippen LogP contribution in [0.2, 0.25) is 0 Å². The summed E-state index contributed by atoms with van der Waals surface area (Å²) in [5, 5.41) is 0. The van der Waals surface area contributed by atoms with Crippen LogP contribution in [0.4, 0.5) is 0 Å². The van der Waals surface area contributed by atoms with Crippen molar-refractivity contribution in [3.05, 3.63) is 35.9 Å². The molecule has 3 atom stereocenters. The number of nitrogens with two attached hydrogens (primary N) is 1. The Balaban J connectivity index is 1.83. The fourth-order valence-corrected chi connectivity index (χ4v) is 3.63. The van der Waals surface area contributed by atoms with E-state index >= 15 is 0 Å². The van der Waals surface area contributed by atoms with Gasteiger partial charge in [0.2, 0.25) is 5.91 Å². The minimum Gasteiger partial charge on any atom is -0.378 e. The van der Waals surface area contributed by atoms with Crippen LogP contribution in [-0.4, -0.2) is 43.2 Å². The fourth-order valence-electron chi connectivity index (χ4n) is 3.63. The van der Waals surface area contributed by atoms with Gasteiger partial charge in [-0.15, -0.1) is 0 Å². The van der Waals surface area contributed by atoms with Gasteiger partial charge in [0.25, 0.3) is 0 Å². The third-order valence-electron chi connectivity index (χ3n) is 4.85. The van der Waals surface area contributed by atoms with Gasteiger partial charge in [-0.05, 0) is 37.3 Å². The van der Waals surface area contributed by atoms with Crippen molar-refractivity contribution in [2.75, 3.05) is 26.2 Å². The molecule has 24 heavy (non-hydrogen) atoms. The Kier molecular flexibility index (Phi) is 7.25. The summed E-state index contributed by atoms with van der Waals surface area (Å²) in [6.07, 6.45) is 1.70. The molecule has 2 rings (SSSR count). The summed E-state index contributed by atoms with van der Waals surface area (Å²) in [5.41, 5.74) is 7.23. The number of likely N-dealkylation sites (tertiary alicyclic amines) is 1. The van der Waals surface area contributed by atoms with Crippen LogP contribution in [0.5, 0.6) is 0 Å². The smallest absolute Gasteiger partial charge is 0.224 e. The van der Waals surface area contributed by atoms with Gasteiger partial charge in [-0.2, -0.15) is 0 Å². The summed E-state index contributed by atoms with van der Waals surface area (Å²) in [6.45, 7) is 9.11. The molecule has 1 aliphatic heterocycles. The molecule has 1 amide bonds. The van der Waals surface area contributed by atoms with Gasteiger partial charge in [-0.1, -0.05) is 44.2 Å². The molecule has 0 spiro atoms. The lowest BCUT2D eigenvalue weighted by atomic mass is 9.89. The first-order valence-corrected chi connectivity index (χ1v) is 9.15. The third kappa shape index (κ3) is 5.32. The molecule has 2 N–H and O–H groups in total. The van der Waals surface area contributed by atoms with Gasteiger partial charge in [0.05, 0.1) is 19.1 Å². The van der Waals surface area contributed by atoms with Crippen LogP contribution < -0.4 is 5.73 Å². The zero-order valence-electron chi connectivity index (χ0n) is 15.3. The molecular weight excluding hydrogens is 300 g/mol. The summed E-state index contributed by atoms with van der Waals surface area (Å²) in [7, 11) is 0. The van der Waals surface area contributed by atoms with Crippen LogP contribution in [0.25, 0.3) is 0 Å².